The highest BCUT2D eigenvalue weighted by Gasteiger charge is 2.13. The van der Waals surface area contributed by atoms with Crippen molar-refractivity contribution in [3.8, 4) is 17.5 Å². The molecule has 8 nitrogen and oxygen atoms in total. The number of carbonyl (C=O) groups is 1. The van der Waals surface area contributed by atoms with Crippen molar-refractivity contribution in [1.29, 1.82) is 0 Å². The second-order valence-electron chi connectivity index (χ2n) is 7.26. The first-order valence-corrected chi connectivity index (χ1v) is 10.4. The molecule has 0 spiro atoms. The van der Waals surface area contributed by atoms with Crippen LogP contribution in [0.5, 0.6) is 17.5 Å². The number of hydrogen-bond acceptors (Lipinski definition) is 8. The second-order valence-corrected chi connectivity index (χ2v) is 7.26. The lowest BCUT2D eigenvalue weighted by atomic mass is 9.96. The van der Waals surface area contributed by atoms with Gasteiger partial charge in [-0.3, -0.25) is 4.79 Å². The molecule has 34 heavy (non-hydrogen) atoms. The summed E-state index contributed by atoms with van der Waals surface area (Å²) < 4.78 is 24.6. The number of benzene rings is 2. The number of aldehydes is 1. The molecular weight excluding hydrogens is 441 g/mol. The maximum atomic E-state index is 13.4. The number of anilines is 1. The fraction of sp³-hybridized carbons (Fsp3) is 0.240. The van der Waals surface area contributed by atoms with Crippen LogP contribution >= 0.6 is 0 Å². The molecule has 3 rings (SSSR count). The zero-order valence-corrected chi connectivity index (χ0v) is 19.3. The number of rotatable bonds is 8. The van der Waals surface area contributed by atoms with Crippen molar-refractivity contribution >= 4 is 17.5 Å². The average Bonchev–Trinajstić information content (AvgIpc) is 2.85. The van der Waals surface area contributed by atoms with Crippen LogP contribution in [0, 0.1) is 12.7 Å². The predicted molar refractivity (Wildman–Crippen MR) is 127 cm³/mol. The number of hydrogen-bond donors (Lipinski definition) is 3. The molecule has 4 N–H and O–H groups in total. The Hall–Kier alpha value is -3.82. The van der Waals surface area contributed by atoms with E-state index in [0.717, 1.165) is 28.5 Å². The van der Waals surface area contributed by atoms with E-state index in [1.54, 1.807) is 43.8 Å². The van der Waals surface area contributed by atoms with Gasteiger partial charge in [-0.25, -0.2) is 14.4 Å². The second kappa shape index (κ2) is 13.0. The van der Waals surface area contributed by atoms with Crippen molar-refractivity contribution in [2.75, 3.05) is 26.1 Å². The minimum atomic E-state index is -0.484. The first-order chi connectivity index (χ1) is 16.3. The van der Waals surface area contributed by atoms with Crippen LogP contribution in [0.3, 0.4) is 0 Å². The number of aliphatic hydroxyl groups excluding tert-OH is 2. The summed E-state index contributed by atoms with van der Waals surface area (Å²) in [6, 6.07) is 9.93. The van der Waals surface area contributed by atoms with Crippen molar-refractivity contribution in [1.82, 2.24) is 9.97 Å². The van der Waals surface area contributed by atoms with Gasteiger partial charge in [0.1, 0.15) is 23.6 Å². The number of nitrogen functional groups attached to an aromatic ring is 1. The largest absolute Gasteiger partial charge is 0.496 e. The SMILES string of the molecule is COc1cc(Oc2ncc(C)cn2)ccc1/C(C)=C(\C=O)Cc1ccc(F)c(N)c1.OCCO. The summed E-state index contributed by atoms with van der Waals surface area (Å²) in [4.78, 5) is 20.0. The molecule has 1 heterocycles. The topological polar surface area (TPSA) is 128 Å². The van der Waals surface area contributed by atoms with E-state index in [9.17, 15) is 9.18 Å². The summed E-state index contributed by atoms with van der Waals surface area (Å²) in [7, 11) is 1.54. The number of carbonyl (C=O) groups excluding carboxylic acids is 1. The lowest BCUT2D eigenvalue weighted by Gasteiger charge is -2.14. The maximum Gasteiger partial charge on any atom is 0.321 e. The van der Waals surface area contributed by atoms with Crippen molar-refractivity contribution in [3.63, 3.8) is 0 Å². The minimum absolute atomic E-state index is 0.0489. The summed E-state index contributed by atoms with van der Waals surface area (Å²) in [5.74, 6) is 0.559. The van der Waals surface area contributed by atoms with Gasteiger partial charge in [-0.15, -0.1) is 0 Å². The van der Waals surface area contributed by atoms with E-state index in [0.29, 0.717) is 23.5 Å². The van der Waals surface area contributed by atoms with Crippen LogP contribution in [0.1, 0.15) is 23.6 Å². The van der Waals surface area contributed by atoms with Gasteiger partial charge in [0.15, 0.2) is 0 Å². The van der Waals surface area contributed by atoms with Crippen molar-refractivity contribution < 1.29 is 28.9 Å². The fourth-order valence-electron chi connectivity index (χ4n) is 2.94. The highest BCUT2D eigenvalue weighted by Crippen LogP contribution is 2.33. The average molecular weight is 470 g/mol. The molecule has 0 aliphatic rings. The third-order valence-electron chi connectivity index (χ3n) is 4.72. The van der Waals surface area contributed by atoms with Crippen molar-refractivity contribution in [3.05, 3.63) is 76.9 Å². The van der Waals surface area contributed by atoms with Gasteiger partial charge in [0, 0.05) is 30.4 Å². The van der Waals surface area contributed by atoms with Gasteiger partial charge in [0.05, 0.1) is 26.0 Å². The van der Waals surface area contributed by atoms with E-state index in [-0.39, 0.29) is 24.9 Å². The maximum absolute atomic E-state index is 13.4. The van der Waals surface area contributed by atoms with Crippen LogP contribution < -0.4 is 15.2 Å². The zero-order chi connectivity index (χ0) is 25.1. The van der Waals surface area contributed by atoms with E-state index >= 15 is 0 Å². The molecule has 0 bridgehead atoms. The third kappa shape index (κ3) is 7.36. The third-order valence-corrected chi connectivity index (χ3v) is 4.72. The molecule has 0 atom stereocenters. The Morgan fingerprint density at radius 2 is 1.79 bits per heavy atom. The molecule has 180 valence electrons. The van der Waals surface area contributed by atoms with Crippen LogP contribution in [-0.2, 0) is 11.2 Å². The number of methoxy groups -OCH3 is 1. The molecule has 9 heteroatoms. The molecule has 0 aliphatic carbocycles. The zero-order valence-electron chi connectivity index (χ0n) is 19.3. The number of allylic oxidation sites excluding steroid dienone is 2. The fourth-order valence-corrected chi connectivity index (χ4v) is 2.94. The van der Waals surface area contributed by atoms with Gasteiger partial charge in [0.2, 0.25) is 0 Å². The number of halogens is 1. The number of nitrogens with two attached hydrogens (primary N) is 1. The Balaban J connectivity index is 0.000000945. The van der Waals surface area contributed by atoms with Gasteiger partial charge >= 0.3 is 6.01 Å². The van der Waals surface area contributed by atoms with Gasteiger partial charge in [-0.05, 0) is 60.4 Å². The number of aromatic nitrogens is 2. The van der Waals surface area contributed by atoms with E-state index in [4.69, 9.17) is 25.4 Å². The highest BCUT2D eigenvalue weighted by molar-refractivity contribution is 5.89. The lowest BCUT2D eigenvalue weighted by Crippen LogP contribution is -2.00. The molecule has 2 aromatic carbocycles. The Morgan fingerprint density at radius 3 is 2.35 bits per heavy atom. The van der Waals surface area contributed by atoms with Gasteiger partial charge in [-0.1, -0.05) is 6.07 Å². The first kappa shape index (κ1) is 26.4. The number of ether oxygens (including phenoxy) is 2. The Labute approximate surface area is 197 Å². The summed E-state index contributed by atoms with van der Waals surface area (Å²) in [6.45, 7) is 3.47. The van der Waals surface area contributed by atoms with Gasteiger partial charge < -0.3 is 25.4 Å². The monoisotopic (exact) mass is 469 g/mol. The van der Waals surface area contributed by atoms with Crippen LogP contribution in [-0.4, -0.2) is 46.8 Å². The Bertz CT molecular complexity index is 1130. The summed E-state index contributed by atoms with van der Waals surface area (Å²) >= 11 is 0. The molecule has 0 radical (unpaired) electrons. The van der Waals surface area contributed by atoms with Crippen LogP contribution in [0.2, 0.25) is 0 Å². The van der Waals surface area contributed by atoms with Gasteiger partial charge in [-0.2, -0.15) is 0 Å². The predicted octanol–water partition coefficient (Wildman–Crippen LogP) is 3.49. The normalized spacial score (nSPS) is 11.1. The molecular formula is C25H28FN3O5. The van der Waals surface area contributed by atoms with E-state index < -0.39 is 5.82 Å². The summed E-state index contributed by atoms with van der Waals surface area (Å²) in [6.07, 6.45) is 4.44. The smallest absolute Gasteiger partial charge is 0.321 e. The molecule has 3 aromatic rings. The van der Waals surface area contributed by atoms with E-state index in [1.165, 1.54) is 12.1 Å². The first-order valence-electron chi connectivity index (χ1n) is 10.4. The molecule has 0 fully saturated rings. The molecule has 0 unspecified atom stereocenters. The van der Waals surface area contributed by atoms with Crippen molar-refractivity contribution in [2.45, 2.75) is 20.3 Å². The van der Waals surface area contributed by atoms with Crippen LogP contribution in [0.4, 0.5) is 10.1 Å². The molecule has 0 saturated carbocycles. The van der Waals surface area contributed by atoms with E-state index in [1.807, 2.05) is 13.8 Å². The van der Waals surface area contributed by atoms with Crippen LogP contribution in [0.25, 0.3) is 5.57 Å². The lowest BCUT2D eigenvalue weighted by molar-refractivity contribution is -0.104. The Kier molecular flexibility index (Phi) is 10.1. The standard InChI is InChI=1S/C23H22FN3O3.C2H6O2/c1-14-11-26-23(27-12-14)30-18-5-6-19(22(10-18)29-3)15(2)17(13-28)8-16-4-7-20(24)21(25)9-16;3-1-2-4/h4-7,9-13H,8,25H2,1-3H3;3-4H,1-2H2/b17-15-;. The molecule has 0 saturated heterocycles. The van der Waals surface area contributed by atoms with Gasteiger partial charge in [0.25, 0.3) is 0 Å². The quantitative estimate of drug-likeness (QED) is 0.260. The van der Waals surface area contributed by atoms with E-state index in [2.05, 4.69) is 9.97 Å². The summed E-state index contributed by atoms with van der Waals surface area (Å²) in [5, 5.41) is 15.2. The minimum Gasteiger partial charge on any atom is -0.496 e. The molecule has 0 amide bonds. The number of nitrogens with zero attached hydrogens (tertiary/aromatic N) is 2. The van der Waals surface area contributed by atoms with Crippen LogP contribution in [0.15, 0.2) is 54.4 Å². The van der Waals surface area contributed by atoms with Crippen molar-refractivity contribution in [2.24, 2.45) is 0 Å². The summed E-state index contributed by atoms with van der Waals surface area (Å²) in [5.41, 5.74) is 9.37. The number of aryl methyl sites for hydroxylation is 1. The number of aliphatic hydroxyl groups is 2. The Morgan fingerprint density at radius 1 is 1.12 bits per heavy atom. The highest BCUT2D eigenvalue weighted by atomic mass is 19.1. The molecule has 0 aliphatic heterocycles. The molecule has 1 aromatic heterocycles.